The molecule has 0 heterocycles. The molecule has 0 fully saturated rings. The van der Waals surface area contributed by atoms with E-state index in [1.807, 2.05) is 38.1 Å². The second-order valence-electron chi connectivity index (χ2n) is 6.23. The van der Waals surface area contributed by atoms with Crippen molar-refractivity contribution in [1.82, 2.24) is 5.32 Å². The summed E-state index contributed by atoms with van der Waals surface area (Å²) in [7, 11) is 0. The van der Waals surface area contributed by atoms with Gasteiger partial charge in [-0.2, -0.15) is 0 Å². The molecule has 0 aliphatic carbocycles. The molecule has 3 nitrogen and oxygen atoms in total. The van der Waals surface area contributed by atoms with Crippen LogP contribution in [0, 0.1) is 5.92 Å². The van der Waals surface area contributed by atoms with Crippen molar-refractivity contribution in [2.24, 2.45) is 5.92 Å². The van der Waals surface area contributed by atoms with Crippen LogP contribution < -0.4 is 10.6 Å². The molecule has 0 spiro atoms. The molecule has 1 atom stereocenters. The zero-order chi connectivity index (χ0) is 15.1. The minimum atomic E-state index is -0.0153. The lowest BCUT2D eigenvalue weighted by molar-refractivity contribution is 0.0943. The first-order chi connectivity index (χ1) is 9.38. The number of amides is 1. The van der Waals surface area contributed by atoms with Gasteiger partial charge in [0, 0.05) is 23.3 Å². The average molecular weight is 276 g/mol. The second-order valence-corrected chi connectivity index (χ2v) is 6.23. The van der Waals surface area contributed by atoms with E-state index in [1.165, 1.54) is 6.42 Å². The van der Waals surface area contributed by atoms with E-state index in [9.17, 15) is 4.79 Å². The maximum atomic E-state index is 12.0. The second kappa shape index (κ2) is 7.93. The lowest BCUT2D eigenvalue weighted by Gasteiger charge is -2.17. The largest absolute Gasteiger partial charge is 0.383 e. The molecular weight excluding hydrogens is 248 g/mol. The molecule has 0 saturated heterocycles. The predicted molar refractivity (Wildman–Crippen MR) is 86.2 cm³/mol. The molecule has 0 aromatic heterocycles. The van der Waals surface area contributed by atoms with Crippen LogP contribution in [0.15, 0.2) is 24.3 Å². The predicted octanol–water partition coefficient (Wildman–Crippen LogP) is 4.06. The van der Waals surface area contributed by atoms with E-state index in [2.05, 4.69) is 31.4 Å². The summed E-state index contributed by atoms with van der Waals surface area (Å²) < 4.78 is 0. The van der Waals surface area contributed by atoms with Gasteiger partial charge in [-0.3, -0.25) is 4.79 Å². The normalized spacial score (nSPS) is 12.6. The number of nitrogens with one attached hydrogen (secondary N) is 2. The Balaban J connectivity index is 2.61. The minimum absolute atomic E-state index is 0.0153. The third-order valence-corrected chi connectivity index (χ3v) is 3.13. The molecule has 1 amide bonds. The lowest BCUT2D eigenvalue weighted by Crippen LogP contribution is -2.30. The van der Waals surface area contributed by atoms with E-state index in [4.69, 9.17) is 0 Å². The van der Waals surface area contributed by atoms with E-state index in [1.54, 1.807) is 0 Å². The Hall–Kier alpha value is -1.51. The summed E-state index contributed by atoms with van der Waals surface area (Å²) in [4.78, 5) is 12.0. The number of carbonyl (C=O) groups is 1. The van der Waals surface area contributed by atoms with Crippen molar-refractivity contribution < 1.29 is 4.79 Å². The quantitative estimate of drug-likeness (QED) is 0.788. The van der Waals surface area contributed by atoms with Crippen LogP contribution >= 0.6 is 0 Å². The van der Waals surface area contributed by atoms with Crippen LogP contribution in [-0.2, 0) is 0 Å². The van der Waals surface area contributed by atoms with Crippen LogP contribution in [0.4, 0.5) is 5.69 Å². The summed E-state index contributed by atoms with van der Waals surface area (Å²) in [5, 5.41) is 6.38. The number of carbonyl (C=O) groups excluding carboxylic acids is 1. The summed E-state index contributed by atoms with van der Waals surface area (Å²) in [6, 6.07) is 8.28. The van der Waals surface area contributed by atoms with E-state index in [-0.39, 0.29) is 11.9 Å². The Morgan fingerprint density at radius 2 is 1.80 bits per heavy atom. The van der Waals surface area contributed by atoms with Gasteiger partial charge < -0.3 is 10.6 Å². The fourth-order valence-corrected chi connectivity index (χ4v) is 2.04. The van der Waals surface area contributed by atoms with Gasteiger partial charge in [-0.05, 0) is 57.7 Å². The fourth-order valence-electron chi connectivity index (χ4n) is 2.04. The SMILES string of the molecule is CC(C)CCC(C)Nc1cccc(C(=O)NC(C)C)c1. The highest BCUT2D eigenvalue weighted by atomic mass is 16.1. The highest BCUT2D eigenvalue weighted by Crippen LogP contribution is 2.15. The first-order valence-corrected chi connectivity index (χ1v) is 7.56. The van der Waals surface area contributed by atoms with Crippen LogP contribution in [0.25, 0.3) is 0 Å². The van der Waals surface area contributed by atoms with Crippen LogP contribution in [-0.4, -0.2) is 18.0 Å². The Labute approximate surface area is 123 Å². The van der Waals surface area contributed by atoms with Gasteiger partial charge in [0.25, 0.3) is 5.91 Å². The average Bonchev–Trinajstić information content (AvgIpc) is 2.36. The molecule has 112 valence electrons. The molecule has 0 aliphatic rings. The fraction of sp³-hybridized carbons (Fsp3) is 0.588. The third-order valence-electron chi connectivity index (χ3n) is 3.13. The van der Waals surface area contributed by atoms with Gasteiger partial charge in [0.15, 0.2) is 0 Å². The molecule has 0 aliphatic heterocycles. The standard InChI is InChI=1S/C17H28N2O/c1-12(2)9-10-14(5)19-16-8-6-7-15(11-16)17(20)18-13(3)4/h6-8,11-14,19H,9-10H2,1-5H3,(H,18,20). The molecule has 1 rings (SSSR count). The Kier molecular flexibility index (Phi) is 6.56. The summed E-state index contributed by atoms with van der Waals surface area (Å²) in [5.74, 6) is 0.709. The maximum absolute atomic E-state index is 12.0. The van der Waals surface area contributed by atoms with Gasteiger partial charge in [-0.15, -0.1) is 0 Å². The molecular formula is C17H28N2O. The molecule has 3 heteroatoms. The first kappa shape index (κ1) is 16.5. The van der Waals surface area contributed by atoms with E-state index >= 15 is 0 Å². The van der Waals surface area contributed by atoms with Crippen molar-refractivity contribution in [3.63, 3.8) is 0 Å². The highest BCUT2D eigenvalue weighted by Gasteiger charge is 2.09. The van der Waals surface area contributed by atoms with E-state index < -0.39 is 0 Å². The smallest absolute Gasteiger partial charge is 0.251 e. The number of hydrogen-bond donors (Lipinski definition) is 2. The van der Waals surface area contributed by atoms with Crippen LogP contribution in [0.2, 0.25) is 0 Å². The molecule has 0 bridgehead atoms. The molecule has 1 aromatic carbocycles. The zero-order valence-electron chi connectivity index (χ0n) is 13.4. The van der Waals surface area contributed by atoms with E-state index in [0.717, 1.165) is 18.0 Å². The van der Waals surface area contributed by atoms with Crippen molar-refractivity contribution in [3.05, 3.63) is 29.8 Å². The van der Waals surface area contributed by atoms with Crippen LogP contribution in [0.1, 0.15) is 57.8 Å². The summed E-state index contributed by atoms with van der Waals surface area (Å²) >= 11 is 0. The monoisotopic (exact) mass is 276 g/mol. The third kappa shape index (κ3) is 6.09. The van der Waals surface area contributed by atoms with Crippen molar-refractivity contribution in [1.29, 1.82) is 0 Å². The number of hydrogen-bond acceptors (Lipinski definition) is 2. The van der Waals surface area contributed by atoms with Crippen LogP contribution in [0.3, 0.4) is 0 Å². The maximum Gasteiger partial charge on any atom is 0.251 e. The topological polar surface area (TPSA) is 41.1 Å². The summed E-state index contributed by atoms with van der Waals surface area (Å²) in [6.45, 7) is 10.6. The van der Waals surface area contributed by atoms with Gasteiger partial charge in [-0.1, -0.05) is 19.9 Å². The summed E-state index contributed by atoms with van der Waals surface area (Å²) in [5.41, 5.74) is 1.72. The van der Waals surface area contributed by atoms with Gasteiger partial charge >= 0.3 is 0 Å². The molecule has 20 heavy (non-hydrogen) atoms. The number of benzene rings is 1. The highest BCUT2D eigenvalue weighted by molar-refractivity contribution is 5.95. The molecule has 1 unspecified atom stereocenters. The Bertz CT molecular complexity index is 427. The molecule has 0 saturated carbocycles. The number of rotatable bonds is 7. The van der Waals surface area contributed by atoms with Gasteiger partial charge in [0.2, 0.25) is 0 Å². The zero-order valence-corrected chi connectivity index (χ0v) is 13.4. The van der Waals surface area contributed by atoms with E-state index in [0.29, 0.717) is 11.6 Å². The minimum Gasteiger partial charge on any atom is -0.383 e. The van der Waals surface area contributed by atoms with Gasteiger partial charge in [0.05, 0.1) is 0 Å². The van der Waals surface area contributed by atoms with Crippen molar-refractivity contribution in [2.75, 3.05) is 5.32 Å². The van der Waals surface area contributed by atoms with Gasteiger partial charge in [0.1, 0.15) is 0 Å². The molecule has 1 aromatic rings. The molecule has 0 radical (unpaired) electrons. The first-order valence-electron chi connectivity index (χ1n) is 7.56. The lowest BCUT2D eigenvalue weighted by atomic mass is 10.0. The van der Waals surface area contributed by atoms with Crippen molar-refractivity contribution in [2.45, 2.75) is 59.5 Å². The van der Waals surface area contributed by atoms with Crippen molar-refractivity contribution >= 4 is 11.6 Å². The van der Waals surface area contributed by atoms with Gasteiger partial charge in [-0.25, -0.2) is 0 Å². The van der Waals surface area contributed by atoms with Crippen LogP contribution in [0.5, 0.6) is 0 Å². The Morgan fingerprint density at radius 3 is 2.40 bits per heavy atom. The molecule has 2 N–H and O–H groups in total. The summed E-state index contributed by atoms with van der Waals surface area (Å²) in [6.07, 6.45) is 2.35. The number of anilines is 1. The van der Waals surface area contributed by atoms with Crippen molar-refractivity contribution in [3.8, 4) is 0 Å². The Morgan fingerprint density at radius 1 is 1.10 bits per heavy atom.